The molecule has 0 aliphatic heterocycles. The fraction of sp³-hybridized carbons (Fsp3) is 0.238. The van der Waals surface area contributed by atoms with Crippen LogP contribution in [0.25, 0.3) is 27.9 Å². The van der Waals surface area contributed by atoms with Crippen molar-refractivity contribution in [1.29, 1.82) is 0 Å². The van der Waals surface area contributed by atoms with Crippen molar-refractivity contribution in [2.24, 2.45) is 0 Å². The number of carbonyl (C=O) groups is 1. The molecule has 142 valence electrons. The Bertz CT molecular complexity index is 1130. The number of amides is 1. The second-order valence-corrected chi connectivity index (χ2v) is 7.57. The number of fused-ring (bicyclic) bond motifs is 3. The van der Waals surface area contributed by atoms with Gasteiger partial charge in [-0.2, -0.15) is 0 Å². The Kier molecular flexibility index (Phi) is 5.25. The number of nitrogens with one attached hydrogen (secondary N) is 1. The lowest BCUT2D eigenvalue weighted by atomic mass is 10.2. The second-order valence-electron chi connectivity index (χ2n) is 6.63. The summed E-state index contributed by atoms with van der Waals surface area (Å²) in [6.07, 6.45) is 0.901. The minimum Gasteiger partial charge on any atom is -0.353 e. The first kappa shape index (κ1) is 18.4. The number of hydrogen-bond donors (Lipinski definition) is 1. The van der Waals surface area contributed by atoms with Gasteiger partial charge in [-0.25, -0.2) is 4.98 Å². The molecular weight excluding hydrogens is 370 g/mol. The van der Waals surface area contributed by atoms with E-state index in [9.17, 15) is 4.79 Å². The van der Waals surface area contributed by atoms with Crippen LogP contribution in [0.4, 0.5) is 0 Å². The molecule has 1 atom stereocenters. The Morgan fingerprint density at radius 1 is 1.11 bits per heavy atom. The lowest BCUT2D eigenvalue weighted by molar-refractivity contribution is -0.119. The van der Waals surface area contributed by atoms with E-state index in [1.807, 2.05) is 72.8 Å². The summed E-state index contributed by atoms with van der Waals surface area (Å²) in [7, 11) is 0. The molecule has 0 radical (unpaired) electrons. The predicted octanol–water partition coefficient (Wildman–Crippen LogP) is 3.95. The summed E-state index contributed by atoms with van der Waals surface area (Å²) in [5.41, 5.74) is 2.59. The average Bonchev–Trinajstić information content (AvgIpc) is 3.16. The van der Waals surface area contributed by atoms with E-state index in [0.717, 1.165) is 34.4 Å². The lowest BCUT2D eigenvalue weighted by Crippen LogP contribution is -2.33. The fourth-order valence-electron chi connectivity index (χ4n) is 2.98. The Labute approximate surface area is 167 Å². The molecule has 0 aliphatic rings. The van der Waals surface area contributed by atoms with Crippen LogP contribution in [-0.4, -0.2) is 37.3 Å². The Balaban J connectivity index is 1.78. The van der Waals surface area contributed by atoms with Gasteiger partial charge >= 0.3 is 0 Å². The van der Waals surface area contributed by atoms with Crippen LogP contribution >= 0.6 is 11.8 Å². The number of rotatable bonds is 6. The molecule has 6 nitrogen and oxygen atoms in total. The highest BCUT2D eigenvalue weighted by Crippen LogP contribution is 2.28. The zero-order valence-electron chi connectivity index (χ0n) is 15.8. The molecule has 2 heterocycles. The van der Waals surface area contributed by atoms with Crippen molar-refractivity contribution in [2.45, 2.75) is 31.5 Å². The van der Waals surface area contributed by atoms with Crippen LogP contribution in [0.2, 0.25) is 0 Å². The summed E-state index contributed by atoms with van der Waals surface area (Å²) >= 11 is 1.37. The summed E-state index contributed by atoms with van der Waals surface area (Å²) in [5.74, 6) is 1.04. The van der Waals surface area contributed by atoms with Crippen LogP contribution in [0.5, 0.6) is 0 Å². The molecule has 0 unspecified atom stereocenters. The highest BCUT2D eigenvalue weighted by Gasteiger charge is 2.17. The van der Waals surface area contributed by atoms with Crippen molar-refractivity contribution in [3.8, 4) is 11.4 Å². The standard InChI is InChI=1S/C21H21N5OS/c1-3-14(2)22-18(27)13-28-21-25-24-20-16-11-7-8-12-17(16)23-19(26(20)21)15-9-5-4-6-10-15/h4-12,14H,3,13H2,1-2H3,(H,22,27)/t14-/m0/s1. The van der Waals surface area contributed by atoms with Crippen LogP contribution in [-0.2, 0) is 4.79 Å². The van der Waals surface area contributed by atoms with Crippen LogP contribution in [0.15, 0.2) is 59.8 Å². The molecule has 7 heteroatoms. The number of carbonyl (C=O) groups excluding carboxylic acids is 1. The lowest BCUT2D eigenvalue weighted by Gasteiger charge is -2.11. The minimum absolute atomic E-state index is 0.00823. The van der Waals surface area contributed by atoms with E-state index in [-0.39, 0.29) is 17.7 Å². The molecule has 0 bridgehead atoms. The number of hydrogen-bond acceptors (Lipinski definition) is 5. The van der Waals surface area contributed by atoms with Gasteiger partial charge in [0.25, 0.3) is 0 Å². The van der Waals surface area contributed by atoms with Gasteiger partial charge in [0.2, 0.25) is 5.91 Å². The zero-order valence-corrected chi connectivity index (χ0v) is 16.6. The van der Waals surface area contributed by atoms with Crippen molar-refractivity contribution in [2.75, 3.05) is 5.75 Å². The summed E-state index contributed by atoms with van der Waals surface area (Å²) in [6, 6.07) is 18.0. The third-order valence-corrected chi connectivity index (χ3v) is 5.53. The van der Waals surface area contributed by atoms with Gasteiger partial charge in [-0.1, -0.05) is 61.2 Å². The molecule has 0 saturated carbocycles. The van der Waals surface area contributed by atoms with Crippen molar-refractivity contribution < 1.29 is 4.79 Å². The predicted molar refractivity (Wildman–Crippen MR) is 112 cm³/mol. The van der Waals surface area contributed by atoms with Gasteiger partial charge in [-0.15, -0.1) is 10.2 Å². The largest absolute Gasteiger partial charge is 0.353 e. The Morgan fingerprint density at radius 2 is 1.86 bits per heavy atom. The van der Waals surface area contributed by atoms with E-state index < -0.39 is 0 Å². The third kappa shape index (κ3) is 3.57. The maximum atomic E-state index is 12.2. The summed E-state index contributed by atoms with van der Waals surface area (Å²) in [4.78, 5) is 17.1. The van der Waals surface area contributed by atoms with Crippen molar-refractivity contribution >= 4 is 34.2 Å². The van der Waals surface area contributed by atoms with E-state index in [1.165, 1.54) is 11.8 Å². The van der Waals surface area contributed by atoms with E-state index in [1.54, 1.807) is 0 Å². The Morgan fingerprint density at radius 3 is 2.64 bits per heavy atom. The average molecular weight is 392 g/mol. The zero-order chi connectivity index (χ0) is 19.5. The number of benzene rings is 2. The topological polar surface area (TPSA) is 72.2 Å². The van der Waals surface area contributed by atoms with Gasteiger partial charge in [0, 0.05) is 17.0 Å². The number of para-hydroxylation sites is 1. The molecule has 0 fully saturated rings. The van der Waals surface area contributed by atoms with Crippen LogP contribution in [0, 0.1) is 0 Å². The molecule has 0 saturated heterocycles. The van der Waals surface area contributed by atoms with E-state index in [2.05, 4.69) is 15.5 Å². The van der Waals surface area contributed by atoms with Crippen LogP contribution in [0.1, 0.15) is 20.3 Å². The van der Waals surface area contributed by atoms with Crippen molar-refractivity contribution in [3.05, 3.63) is 54.6 Å². The minimum atomic E-state index is -0.00823. The van der Waals surface area contributed by atoms with Gasteiger partial charge < -0.3 is 5.32 Å². The van der Waals surface area contributed by atoms with E-state index >= 15 is 0 Å². The van der Waals surface area contributed by atoms with Gasteiger partial charge in [0.05, 0.1) is 11.3 Å². The smallest absolute Gasteiger partial charge is 0.230 e. The molecule has 28 heavy (non-hydrogen) atoms. The van der Waals surface area contributed by atoms with Crippen LogP contribution in [0.3, 0.4) is 0 Å². The number of nitrogens with zero attached hydrogens (tertiary/aromatic N) is 4. The highest BCUT2D eigenvalue weighted by atomic mass is 32.2. The monoisotopic (exact) mass is 391 g/mol. The number of aromatic nitrogens is 4. The molecule has 2 aromatic carbocycles. The van der Waals surface area contributed by atoms with Gasteiger partial charge in [0.15, 0.2) is 10.8 Å². The fourth-order valence-corrected chi connectivity index (χ4v) is 3.73. The first-order chi connectivity index (χ1) is 13.7. The van der Waals surface area contributed by atoms with Gasteiger partial charge in [-0.05, 0) is 25.5 Å². The summed E-state index contributed by atoms with van der Waals surface area (Å²) in [6.45, 7) is 4.05. The first-order valence-corrected chi connectivity index (χ1v) is 10.3. The normalized spacial score (nSPS) is 12.4. The number of thioether (sulfide) groups is 1. The molecule has 4 aromatic rings. The van der Waals surface area contributed by atoms with E-state index in [4.69, 9.17) is 4.98 Å². The maximum Gasteiger partial charge on any atom is 0.230 e. The third-order valence-electron chi connectivity index (χ3n) is 4.60. The van der Waals surface area contributed by atoms with Gasteiger partial charge in [0.1, 0.15) is 5.82 Å². The molecular formula is C21H21N5OS. The molecule has 1 amide bonds. The molecule has 1 N–H and O–H groups in total. The van der Waals surface area contributed by atoms with Crippen molar-refractivity contribution in [1.82, 2.24) is 24.9 Å². The quantitative estimate of drug-likeness (QED) is 0.504. The van der Waals surface area contributed by atoms with E-state index in [0.29, 0.717) is 5.16 Å². The SMILES string of the molecule is CC[C@H](C)NC(=O)CSc1nnc2c3ccccc3nc(-c3ccccc3)n12. The molecule has 4 rings (SSSR count). The summed E-state index contributed by atoms with van der Waals surface area (Å²) in [5, 5.41) is 13.3. The van der Waals surface area contributed by atoms with Gasteiger partial charge in [-0.3, -0.25) is 9.20 Å². The Hall–Kier alpha value is -2.93. The second kappa shape index (κ2) is 7.98. The molecule has 0 spiro atoms. The molecule has 0 aliphatic carbocycles. The first-order valence-electron chi connectivity index (χ1n) is 9.29. The van der Waals surface area contributed by atoms with Crippen molar-refractivity contribution in [3.63, 3.8) is 0 Å². The highest BCUT2D eigenvalue weighted by molar-refractivity contribution is 7.99. The maximum absolute atomic E-state index is 12.2. The summed E-state index contributed by atoms with van der Waals surface area (Å²) < 4.78 is 1.94. The van der Waals surface area contributed by atoms with Crippen LogP contribution < -0.4 is 5.32 Å². The molecule has 2 aromatic heterocycles.